The number of hydrogen-bond donors (Lipinski definition) is 1. The SMILES string of the molecule is CC(CC=O)c1ccc2c(c1)[nH]c(=O)n2C. The lowest BCUT2D eigenvalue weighted by Gasteiger charge is -2.07. The van der Waals surface area contributed by atoms with Gasteiger partial charge in [-0.05, 0) is 23.6 Å². The van der Waals surface area contributed by atoms with Crippen molar-refractivity contribution in [3.63, 3.8) is 0 Å². The van der Waals surface area contributed by atoms with Crippen LogP contribution in [0.3, 0.4) is 0 Å². The molecule has 4 heteroatoms. The Morgan fingerprint density at radius 1 is 1.50 bits per heavy atom. The molecule has 1 atom stereocenters. The van der Waals surface area contributed by atoms with Crippen LogP contribution in [0.5, 0.6) is 0 Å². The average molecular weight is 218 g/mol. The number of aldehydes is 1. The van der Waals surface area contributed by atoms with Crippen LogP contribution in [0.1, 0.15) is 24.8 Å². The molecule has 0 saturated carbocycles. The molecule has 0 aliphatic carbocycles. The maximum absolute atomic E-state index is 11.4. The van der Waals surface area contributed by atoms with Gasteiger partial charge in [-0.2, -0.15) is 0 Å². The zero-order valence-corrected chi connectivity index (χ0v) is 9.36. The molecule has 0 aliphatic rings. The second-order valence-electron chi connectivity index (χ2n) is 4.07. The van der Waals surface area contributed by atoms with E-state index in [-0.39, 0.29) is 11.6 Å². The van der Waals surface area contributed by atoms with Gasteiger partial charge in [0.25, 0.3) is 0 Å². The van der Waals surface area contributed by atoms with Gasteiger partial charge < -0.3 is 9.78 Å². The van der Waals surface area contributed by atoms with E-state index < -0.39 is 0 Å². The molecule has 0 amide bonds. The van der Waals surface area contributed by atoms with E-state index in [1.807, 2.05) is 25.1 Å². The molecule has 0 radical (unpaired) electrons. The number of fused-ring (bicyclic) bond motifs is 1. The Morgan fingerprint density at radius 2 is 2.25 bits per heavy atom. The molecule has 16 heavy (non-hydrogen) atoms. The number of rotatable bonds is 3. The number of hydrogen-bond acceptors (Lipinski definition) is 2. The lowest BCUT2D eigenvalue weighted by atomic mass is 9.98. The summed E-state index contributed by atoms with van der Waals surface area (Å²) in [5, 5.41) is 0. The molecular formula is C12H14N2O2. The summed E-state index contributed by atoms with van der Waals surface area (Å²) in [5.41, 5.74) is 2.66. The first-order chi connectivity index (χ1) is 7.63. The lowest BCUT2D eigenvalue weighted by molar-refractivity contribution is -0.108. The first kappa shape index (κ1) is 10.7. The Morgan fingerprint density at radius 3 is 2.94 bits per heavy atom. The molecule has 0 aliphatic heterocycles. The Bertz CT molecular complexity index is 580. The number of carbonyl (C=O) groups is 1. The van der Waals surface area contributed by atoms with E-state index in [1.54, 1.807) is 11.6 Å². The molecule has 1 aromatic heterocycles. The molecule has 0 fully saturated rings. The van der Waals surface area contributed by atoms with Crippen LogP contribution < -0.4 is 5.69 Å². The van der Waals surface area contributed by atoms with Crippen molar-refractivity contribution in [3.8, 4) is 0 Å². The second-order valence-corrected chi connectivity index (χ2v) is 4.07. The highest BCUT2D eigenvalue weighted by Crippen LogP contribution is 2.21. The smallest absolute Gasteiger partial charge is 0.306 e. The van der Waals surface area contributed by atoms with Crippen LogP contribution in [-0.4, -0.2) is 15.8 Å². The van der Waals surface area contributed by atoms with Gasteiger partial charge in [0, 0.05) is 13.5 Å². The highest BCUT2D eigenvalue weighted by Gasteiger charge is 2.08. The topological polar surface area (TPSA) is 54.9 Å². The summed E-state index contributed by atoms with van der Waals surface area (Å²) in [7, 11) is 1.73. The number of carbonyl (C=O) groups excluding carboxylic acids is 1. The van der Waals surface area contributed by atoms with Gasteiger partial charge in [0.1, 0.15) is 6.29 Å². The first-order valence-corrected chi connectivity index (χ1v) is 5.25. The van der Waals surface area contributed by atoms with E-state index in [9.17, 15) is 9.59 Å². The summed E-state index contributed by atoms with van der Waals surface area (Å²) in [4.78, 5) is 24.6. The number of aryl methyl sites for hydroxylation is 1. The van der Waals surface area contributed by atoms with Crippen molar-refractivity contribution in [2.45, 2.75) is 19.3 Å². The van der Waals surface area contributed by atoms with Gasteiger partial charge in [-0.15, -0.1) is 0 Å². The third-order valence-electron chi connectivity index (χ3n) is 2.95. The molecule has 84 valence electrons. The van der Waals surface area contributed by atoms with Crippen LogP contribution in [0.4, 0.5) is 0 Å². The van der Waals surface area contributed by atoms with E-state index in [0.717, 1.165) is 22.9 Å². The molecular weight excluding hydrogens is 204 g/mol. The molecule has 0 bridgehead atoms. The monoisotopic (exact) mass is 218 g/mol. The minimum atomic E-state index is -0.116. The minimum Gasteiger partial charge on any atom is -0.306 e. The third kappa shape index (κ3) is 1.66. The summed E-state index contributed by atoms with van der Waals surface area (Å²) < 4.78 is 1.57. The minimum absolute atomic E-state index is 0.116. The summed E-state index contributed by atoms with van der Waals surface area (Å²) >= 11 is 0. The molecule has 2 aromatic rings. The lowest BCUT2D eigenvalue weighted by Crippen LogP contribution is -2.11. The molecule has 4 nitrogen and oxygen atoms in total. The zero-order chi connectivity index (χ0) is 11.7. The quantitative estimate of drug-likeness (QED) is 0.795. The molecule has 1 N–H and O–H groups in total. The predicted octanol–water partition coefficient (Wildman–Crippen LogP) is 1.56. The van der Waals surface area contributed by atoms with Gasteiger partial charge in [-0.3, -0.25) is 4.57 Å². The van der Waals surface area contributed by atoms with E-state index in [0.29, 0.717) is 6.42 Å². The van der Waals surface area contributed by atoms with Crippen LogP contribution in [0.15, 0.2) is 23.0 Å². The highest BCUT2D eigenvalue weighted by atomic mass is 16.1. The van der Waals surface area contributed by atoms with Gasteiger partial charge >= 0.3 is 5.69 Å². The molecule has 1 heterocycles. The van der Waals surface area contributed by atoms with Crippen molar-refractivity contribution in [1.29, 1.82) is 0 Å². The van der Waals surface area contributed by atoms with E-state index >= 15 is 0 Å². The van der Waals surface area contributed by atoms with Crippen LogP contribution in [-0.2, 0) is 11.8 Å². The number of H-pyrrole nitrogens is 1. The van der Waals surface area contributed by atoms with Crippen molar-refractivity contribution >= 4 is 17.3 Å². The van der Waals surface area contributed by atoms with Gasteiger partial charge in [0.05, 0.1) is 11.0 Å². The highest BCUT2D eigenvalue weighted by molar-refractivity contribution is 5.76. The molecule has 0 saturated heterocycles. The fraction of sp³-hybridized carbons (Fsp3) is 0.333. The number of aromatic amines is 1. The number of imidazole rings is 1. The Hall–Kier alpha value is -1.84. The Labute approximate surface area is 92.9 Å². The zero-order valence-electron chi connectivity index (χ0n) is 9.36. The average Bonchev–Trinajstić information content (AvgIpc) is 2.55. The summed E-state index contributed by atoms with van der Waals surface area (Å²) in [6, 6.07) is 5.80. The van der Waals surface area contributed by atoms with E-state index in [1.165, 1.54) is 0 Å². The first-order valence-electron chi connectivity index (χ1n) is 5.25. The number of aromatic nitrogens is 2. The van der Waals surface area contributed by atoms with E-state index in [2.05, 4.69) is 4.98 Å². The van der Waals surface area contributed by atoms with Gasteiger partial charge in [0.15, 0.2) is 0 Å². The number of nitrogens with one attached hydrogen (secondary N) is 1. The second kappa shape index (κ2) is 3.96. The Kier molecular flexibility index (Phi) is 2.64. The molecule has 1 unspecified atom stereocenters. The van der Waals surface area contributed by atoms with Crippen LogP contribution in [0.2, 0.25) is 0 Å². The van der Waals surface area contributed by atoms with Crippen LogP contribution in [0.25, 0.3) is 11.0 Å². The maximum Gasteiger partial charge on any atom is 0.326 e. The van der Waals surface area contributed by atoms with Crippen molar-refractivity contribution < 1.29 is 4.79 Å². The van der Waals surface area contributed by atoms with Gasteiger partial charge in [-0.1, -0.05) is 13.0 Å². The normalized spacial score (nSPS) is 12.9. The fourth-order valence-corrected chi connectivity index (χ4v) is 1.84. The summed E-state index contributed by atoms with van der Waals surface area (Å²) in [5.74, 6) is 0.186. The van der Waals surface area contributed by atoms with Gasteiger partial charge in [0.2, 0.25) is 0 Å². The molecule has 2 rings (SSSR count). The fourth-order valence-electron chi connectivity index (χ4n) is 1.84. The number of nitrogens with zero attached hydrogens (tertiary/aromatic N) is 1. The van der Waals surface area contributed by atoms with Crippen molar-refractivity contribution in [3.05, 3.63) is 34.2 Å². The predicted molar refractivity (Wildman–Crippen MR) is 62.6 cm³/mol. The number of benzene rings is 1. The largest absolute Gasteiger partial charge is 0.326 e. The molecule has 1 aromatic carbocycles. The Balaban J connectivity index is 2.52. The summed E-state index contributed by atoms with van der Waals surface area (Å²) in [6.07, 6.45) is 1.42. The van der Waals surface area contributed by atoms with Crippen molar-refractivity contribution in [2.75, 3.05) is 0 Å². The van der Waals surface area contributed by atoms with Crippen molar-refractivity contribution in [2.24, 2.45) is 7.05 Å². The van der Waals surface area contributed by atoms with Crippen LogP contribution >= 0.6 is 0 Å². The molecule has 0 spiro atoms. The third-order valence-corrected chi connectivity index (χ3v) is 2.95. The van der Waals surface area contributed by atoms with E-state index in [4.69, 9.17) is 0 Å². The summed E-state index contributed by atoms with van der Waals surface area (Å²) in [6.45, 7) is 2.00. The van der Waals surface area contributed by atoms with Crippen LogP contribution in [0, 0.1) is 0 Å². The van der Waals surface area contributed by atoms with Crippen molar-refractivity contribution in [1.82, 2.24) is 9.55 Å². The van der Waals surface area contributed by atoms with Gasteiger partial charge in [-0.25, -0.2) is 4.79 Å². The standard InChI is InChI=1S/C12H14N2O2/c1-8(5-6-15)9-3-4-11-10(7-9)13-12(16)14(11)2/h3-4,6-8H,5H2,1-2H3,(H,13,16). The maximum atomic E-state index is 11.4.